The molecule has 6 heteroatoms. The number of hydrogen-bond acceptors (Lipinski definition) is 4. The Morgan fingerprint density at radius 3 is 2.16 bits per heavy atom. The molecule has 0 heterocycles. The number of halogens is 1. The first-order valence-electron chi connectivity index (χ1n) is 7.78. The van der Waals surface area contributed by atoms with Gasteiger partial charge in [-0.15, -0.1) is 0 Å². The lowest BCUT2D eigenvalue weighted by Crippen LogP contribution is -2.27. The van der Waals surface area contributed by atoms with Crippen molar-refractivity contribution < 1.29 is 23.4 Å². The average Bonchev–Trinajstić information content (AvgIpc) is 2.60. The molecule has 25 heavy (non-hydrogen) atoms. The fourth-order valence-corrected chi connectivity index (χ4v) is 2.63. The first kappa shape index (κ1) is 18.6. The summed E-state index contributed by atoms with van der Waals surface area (Å²) in [5.74, 6) is 0.355. The zero-order valence-electron chi connectivity index (χ0n) is 15.0. The van der Waals surface area contributed by atoms with Gasteiger partial charge < -0.3 is 19.5 Å². The van der Waals surface area contributed by atoms with Gasteiger partial charge in [-0.05, 0) is 55.3 Å². The van der Waals surface area contributed by atoms with Crippen LogP contribution in [0.1, 0.15) is 34.5 Å². The molecule has 1 amide bonds. The Bertz CT molecular complexity index is 776. The first-order valence-corrected chi connectivity index (χ1v) is 7.78. The van der Waals surface area contributed by atoms with Crippen molar-refractivity contribution in [1.82, 2.24) is 5.32 Å². The molecule has 2 aromatic rings. The highest BCUT2D eigenvalue weighted by molar-refractivity contribution is 5.94. The summed E-state index contributed by atoms with van der Waals surface area (Å²) in [4.78, 5) is 12.4. The molecule has 1 unspecified atom stereocenters. The molecule has 0 saturated carbocycles. The van der Waals surface area contributed by atoms with Crippen molar-refractivity contribution in [3.63, 3.8) is 0 Å². The molecule has 134 valence electrons. The number of benzene rings is 2. The highest BCUT2D eigenvalue weighted by atomic mass is 19.1. The lowest BCUT2D eigenvalue weighted by molar-refractivity contribution is 0.0939. The fraction of sp³-hybridized carbons (Fsp3) is 0.316. The number of hydrogen-bond donors (Lipinski definition) is 1. The maximum absolute atomic E-state index is 13.8. The van der Waals surface area contributed by atoms with E-state index in [2.05, 4.69) is 5.32 Å². The first-order chi connectivity index (χ1) is 11.9. The highest BCUT2D eigenvalue weighted by Gasteiger charge is 2.17. The van der Waals surface area contributed by atoms with Gasteiger partial charge in [0.1, 0.15) is 0 Å². The van der Waals surface area contributed by atoms with Crippen LogP contribution in [0.15, 0.2) is 30.3 Å². The highest BCUT2D eigenvalue weighted by Crippen LogP contribution is 2.33. The van der Waals surface area contributed by atoms with Crippen LogP contribution >= 0.6 is 0 Å². The standard InChI is InChI=1S/C19H22FNO4/c1-11-8-17(24-4)18(25-5)10-14(11)12(2)21-19(22)13-6-7-16(23-3)15(20)9-13/h6-10,12H,1-5H3,(H,21,22). The van der Waals surface area contributed by atoms with Crippen LogP contribution in [0.2, 0.25) is 0 Å². The van der Waals surface area contributed by atoms with Crippen molar-refractivity contribution in [2.75, 3.05) is 21.3 Å². The molecule has 2 aromatic carbocycles. The lowest BCUT2D eigenvalue weighted by Gasteiger charge is -2.19. The molecule has 1 atom stereocenters. The summed E-state index contributed by atoms with van der Waals surface area (Å²) >= 11 is 0. The number of aryl methyl sites for hydroxylation is 1. The van der Waals surface area contributed by atoms with Crippen LogP contribution < -0.4 is 19.5 Å². The van der Waals surface area contributed by atoms with Crippen molar-refractivity contribution >= 4 is 5.91 Å². The molecular formula is C19H22FNO4. The molecule has 5 nitrogen and oxygen atoms in total. The average molecular weight is 347 g/mol. The number of ether oxygens (including phenoxy) is 3. The minimum absolute atomic E-state index is 0.0975. The Kier molecular flexibility index (Phi) is 5.85. The molecule has 0 aliphatic heterocycles. The predicted molar refractivity (Wildman–Crippen MR) is 93.1 cm³/mol. The smallest absolute Gasteiger partial charge is 0.251 e. The molecule has 0 aromatic heterocycles. The minimum atomic E-state index is -0.579. The van der Waals surface area contributed by atoms with Gasteiger partial charge in [-0.25, -0.2) is 4.39 Å². The summed E-state index contributed by atoms with van der Waals surface area (Å²) < 4.78 is 29.2. The molecule has 2 rings (SSSR count). The van der Waals surface area contributed by atoms with Crippen molar-refractivity contribution in [2.24, 2.45) is 0 Å². The third kappa shape index (κ3) is 4.02. The van der Waals surface area contributed by atoms with Crippen LogP contribution in [0, 0.1) is 12.7 Å². The van der Waals surface area contributed by atoms with Crippen molar-refractivity contribution in [1.29, 1.82) is 0 Å². The normalized spacial score (nSPS) is 11.6. The lowest BCUT2D eigenvalue weighted by atomic mass is 10.0. The third-order valence-electron chi connectivity index (χ3n) is 4.00. The number of methoxy groups -OCH3 is 3. The second kappa shape index (κ2) is 7.88. The van der Waals surface area contributed by atoms with E-state index in [1.807, 2.05) is 26.0 Å². The number of nitrogens with one attached hydrogen (secondary N) is 1. The Labute approximate surface area is 146 Å². The van der Waals surface area contributed by atoms with Crippen molar-refractivity contribution in [3.05, 3.63) is 52.8 Å². The van der Waals surface area contributed by atoms with Crippen molar-refractivity contribution in [3.8, 4) is 17.2 Å². The van der Waals surface area contributed by atoms with Gasteiger partial charge in [0.15, 0.2) is 23.1 Å². The number of carbonyl (C=O) groups is 1. The third-order valence-corrected chi connectivity index (χ3v) is 4.00. The van der Waals surface area contributed by atoms with Gasteiger partial charge >= 0.3 is 0 Å². The van der Waals surface area contributed by atoms with E-state index in [1.165, 1.54) is 19.2 Å². The molecular weight excluding hydrogens is 325 g/mol. The van der Waals surface area contributed by atoms with Crippen LogP contribution in [-0.4, -0.2) is 27.2 Å². The van der Waals surface area contributed by atoms with Gasteiger partial charge in [0, 0.05) is 5.56 Å². The maximum Gasteiger partial charge on any atom is 0.251 e. The van der Waals surface area contributed by atoms with E-state index in [0.717, 1.165) is 17.2 Å². The van der Waals surface area contributed by atoms with E-state index in [4.69, 9.17) is 14.2 Å². The van der Waals surface area contributed by atoms with E-state index in [-0.39, 0.29) is 23.3 Å². The molecule has 0 saturated heterocycles. The molecule has 1 N–H and O–H groups in total. The largest absolute Gasteiger partial charge is 0.494 e. The SMILES string of the molecule is COc1ccc(C(=O)NC(C)c2cc(OC)c(OC)cc2C)cc1F. The quantitative estimate of drug-likeness (QED) is 0.867. The van der Waals surface area contributed by atoms with E-state index in [1.54, 1.807) is 14.2 Å². The van der Waals surface area contributed by atoms with E-state index in [0.29, 0.717) is 11.5 Å². The number of rotatable bonds is 6. The van der Waals surface area contributed by atoms with E-state index >= 15 is 0 Å². The van der Waals surface area contributed by atoms with E-state index < -0.39 is 5.82 Å². The fourth-order valence-electron chi connectivity index (χ4n) is 2.63. The zero-order chi connectivity index (χ0) is 18.6. The minimum Gasteiger partial charge on any atom is -0.494 e. The predicted octanol–water partition coefficient (Wildman–Crippen LogP) is 3.65. The Hall–Kier alpha value is -2.76. The van der Waals surface area contributed by atoms with Crippen molar-refractivity contribution in [2.45, 2.75) is 19.9 Å². The second-order valence-electron chi connectivity index (χ2n) is 5.61. The molecule has 0 bridgehead atoms. The molecule has 0 aliphatic rings. The van der Waals surface area contributed by atoms with Crippen LogP contribution in [0.4, 0.5) is 4.39 Å². The molecule has 0 fully saturated rings. The molecule has 0 radical (unpaired) electrons. The van der Waals surface area contributed by atoms with Crippen LogP contribution in [0.3, 0.4) is 0 Å². The van der Waals surface area contributed by atoms with Crippen LogP contribution in [0.25, 0.3) is 0 Å². The summed E-state index contributed by atoms with van der Waals surface area (Å²) in [6.45, 7) is 3.78. The van der Waals surface area contributed by atoms with Gasteiger partial charge in [0.25, 0.3) is 5.91 Å². The maximum atomic E-state index is 13.8. The topological polar surface area (TPSA) is 56.8 Å². The van der Waals surface area contributed by atoms with Gasteiger partial charge in [-0.1, -0.05) is 0 Å². The summed E-state index contributed by atoms with van der Waals surface area (Å²) in [5.41, 5.74) is 2.06. The summed E-state index contributed by atoms with van der Waals surface area (Å²) in [7, 11) is 4.50. The van der Waals surface area contributed by atoms with Gasteiger partial charge in [0.05, 0.1) is 27.4 Å². The summed E-state index contributed by atoms with van der Waals surface area (Å²) in [6, 6.07) is 7.49. The summed E-state index contributed by atoms with van der Waals surface area (Å²) in [6.07, 6.45) is 0. The Morgan fingerprint density at radius 1 is 1.00 bits per heavy atom. The molecule has 0 spiro atoms. The number of carbonyl (C=O) groups excluding carboxylic acids is 1. The zero-order valence-corrected chi connectivity index (χ0v) is 15.0. The van der Waals surface area contributed by atoms with Gasteiger partial charge in [0.2, 0.25) is 0 Å². The number of amides is 1. The van der Waals surface area contributed by atoms with Gasteiger partial charge in [-0.3, -0.25) is 4.79 Å². The Balaban J connectivity index is 2.23. The van der Waals surface area contributed by atoms with E-state index in [9.17, 15) is 9.18 Å². The second-order valence-corrected chi connectivity index (χ2v) is 5.61. The van der Waals surface area contributed by atoms with Crippen LogP contribution in [-0.2, 0) is 0 Å². The van der Waals surface area contributed by atoms with Crippen LogP contribution in [0.5, 0.6) is 17.2 Å². The Morgan fingerprint density at radius 2 is 1.60 bits per heavy atom. The van der Waals surface area contributed by atoms with Gasteiger partial charge in [-0.2, -0.15) is 0 Å². The monoisotopic (exact) mass is 347 g/mol. The summed E-state index contributed by atoms with van der Waals surface area (Å²) in [5, 5.41) is 2.86. The molecule has 0 aliphatic carbocycles.